The SMILES string of the molecule is CCCCC1CCC(CNCCC)(CC(C)CCC)CC1. The Bertz CT molecular complexity index is 240. The van der Waals surface area contributed by atoms with Gasteiger partial charge in [0.25, 0.3) is 0 Å². The first-order valence-corrected chi connectivity index (χ1v) is 9.86. The summed E-state index contributed by atoms with van der Waals surface area (Å²) in [5.74, 6) is 1.94. The molecule has 1 nitrogen and oxygen atoms in total. The summed E-state index contributed by atoms with van der Waals surface area (Å²) in [6, 6.07) is 0. The molecule has 126 valence electrons. The summed E-state index contributed by atoms with van der Waals surface area (Å²) in [6.45, 7) is 11.9. The molecule has 1 saturated carbocycles. The number of nitrogens with one attached hydrogen (secondary N) is 1. The average molecular weight is 296 g/mol. The third kappa shape index (κ3) is 7.17. The van der Waals surface area contributed by atoms with Gasteiger partial charge in [0, 0.05) is 6.54 Å². The van der Waals surface area contributed by atoms with Crippen LogP contribution in [-0.2, 0) is 0 Å². The summed E-state index contributed by atoms with van der Waals surface area (Å²) in [6.07, 6.45) is 15.7. The number of rotatable bonds is 11. The van der Waals surface area contributed by atoms with E-state index in [1.807, 2.05) is 0 Å². The summed E-state index contributed by atoms with van der Waals surface area (Å²) in [7, 11) is 0. The van der Waals surface area contributed by atoms with Crippen molar-refractivity contribution in [2.75, 3.05) is 13.1 Å². The van der Waals surface area contributed by atoms with Gasteiger partial charge >= 0.3 is 0 Å². The second kappa shape index (κ2) is 10.6. The summed E-state index contributed by atoms with van der Waals surface area (Å²) in [5, 5.41) is 3.75. The molecule has 1 atom stereocenters. The lowest BCUT2D eigenvalue weighted by Gasteiger charge is -2.42. The van der Waals surface area contributed by atoms with Gasteiger partial charge in [0.2, 0.25) is 0 Å². The van der Waals surface area contributed by atoms with Crippen molar-refractivity contribution in [1.29, 1.82) is 0 Å². The highest BCUT2D eigenvalue weighted by Gasteiger charge is 2.35. The van der Waals surface area contributed by atoms with Crippen molar-refractivity contribution in [3.05, 3.63) is 0 Å². The average Bonchev–Trinajstić information content (AvgIpc) is 2.47. The Morgan fingerprint density at radius 3 is 2.33 bits per heavy atom. The lowest BCUT2D eigenvalue weighted by Crippen LogP contribution is -2.39. The normalized spacial score (nSPS) is 27.7. The van der Waals surface area contributed by atoms with E-state index in [2.05, 4.69) is 33.0 Å². The maximum Gasteiger partial charge on any atom is 0.000791 e. The van der Waals surface area contributed by atoms with Crippen LogP contribution in [0.5, 0.6) is 0 Å². The molecule has 0 spiro atoms. The molecule has 0 amide bonds. The number of hydrogen-bond donors (Lipinski definition) is 1. The largest absolute Gasteiger partial charge is 0.316 e. The van der Waals surface area contributed by atoms with E-state index < -0.39 is 0 Å². The topological polar surface area (TPSA) is 12.0 Å². The fraction of sp³-hybridized carbons (Fsp3) is 1.00. The maximum absolute atomic E-state index is 3.75. The summed E-state index contributed by atoms with van der Waals surface area (Å²) in [5.41, 5.74) is 0.618. The second-order valence-electron chi connectivity index (χ2n) is 7.86. The molecular formula is C20H41N. The lowest BCUT2D eigenvalue weighted by molar-refractivity contribution is 0.107. The van der Waals surface area contributed by atoms with Gasteiger partial charge in [-0.2, -0.15) is 0 Å². The van der Waals surface area contributed by atoms with E-state index in [-0.39, 0.29) is 0 Å². The molecule has 0 aromatic carbocycles. The minimum atomic E-state index is 0.618. The Labute approximate surface area is 134 Å². The van der Waals surface area contributed by atoms with E-state index in [9.17, 15) is 0 Å². The fourth-order valence-corrected chi connectivity index (χ4v) is 4.39. The van der Waals surface area contributed by atoms with Gasteiger partial charge < -0.3 is 5.32 Å². The molecule has 0 aliphatic heterocycles. The van der Waals surface area contributed by atoms with Gasteiger partial charge in [0.05, 0.1) is 0 Å². The van der Waals surface area contributed by atoms with Crippen molar-refractivity contribution >= 4 is 0 Å². The molecule has 0 aromatic rings. The molecule has 0 heterocycles. The highest BCUT2D eigenvalue weighted by atomic mass is 14.9. The summed E-state index contributed by atoms with van der Waals surface area (Å²) in [4.78, 5) is 0. The van der Waals surface area contributed by atoms with Gasteiger partial charge in [-0.1, -0.05) is 59.8 Å². The van der Waals surface area contributed by atoms with E-state index in [4.69, 9.17) is 0 Å². The Hall–Kier alpha value is -0.0400. The van der Waals surface area contributed by atoms with Crippen LogP contribution in [0.4, 0.5) is 0 Å². The van der Waals surface area contributed by atoms with E-state index in [0.717, 1.165) is 11.8 Å². The number of unbranched alkanes of at least 4 members (excludes halogenated alkanes) is 1. The van der Waals surface area contributed by atoms with Crippen LogP contribution < -0.4 is 5.32 Å². The highest BCUT2D eigenvalue weighted by molar-refractivity contribution is 4.88. The third-order valence-corrected chi connectivity index (χ3v) is 5.62. The van der Waals surface area contributed by atoms with Crippen molar-refractivity contribution in [2.24, 2.45) is 17.3 Å². The van der Waals surface area contributed by atoms with Crippen LogP contribution >= 0.6 is 0 Å². The van der Waals surface area contributed by atoms with Gasteiger partial charge in [-0.05, 0) is 62.3 Å². The van der Waals surface area contributed by atoms with Crippen molar-refractivity contribution in [3.63, 3.8) is 0 Å². The van der Waals surface area contributed by atoms with Crippen molar-refractivity contribution in [1.82, 2.24) is 5.32 Å². The van der Waals surface area contributed by atoms with Crippen LogP contribution in [0.3, 0.4) is 0 Å². The minimum Gasteiger partial charge on any atom is -0.316 e. The van der Waals surface area contributed by atoms with E-state index >= 15 is 0 Å². The van der Waals surface area contributed by atoms with Gasteiger partial charge in [0.1, 0.15) is 0 Å². The number of hydrogen-bond acceptors (Lipinski definition) is 1. The van der Waals surface area contributed by atoms with Crippen LogP contribution in [0.1, 0.15) is 98.3 Å². The van der Waals surface area contributed by atoms with Crippen LogP contribution in [0.2, 0.25) is 0 Å². The quantitative estimate of drug-likeness (QED) is 0.449. The molecule has 0 bridgehead atoms. The molecule has 0 radical (unpaired) electrons. The zero-order chi connectivity index (χ0) is 15.6. The Morgan fingerprint density at radius 2 is 1.76 bits per heavy atom. The third-order valence-electron chi connectivity index (χ3n) is 5.62. The van der Waals surface area contributed by atoms with Crippen LogP contribution in [0.15, 0.2) is 0 Å². The van der Waals surface area contributed by atoms with Crippen molar-refractivity contribution in [3.8, 4) is 0 Å². The zero-order valence-electron chi connectivity index (χ0n) is 15.3. The highest BCUT2D eigenvalue weighted by Crippen LogP contribution is 2.44. The zero-order valence-corrected chi connectivity index (χ0v) is 15.3. The molecule has 1 N–H and O–H groups in total. The fourth-order valence-electron chi connectivity index (χ4n) is 4.39. The Kier molecular flexibility index (Phi) is 9.64. The van der Waals surface area contributed by atoms with E-state index in [1.165, 1.54) is 83.7 Å². The van der Waals surface area contributed by atoms with Crippen LogP contribution in [0, 0.1) is 17.3 Å². The molecule has 21 heavy (non-hydrogen) atoms. The van der Waals surface area contributed by atoms with E-state index in [0.29, 0.717) is 5.41 Å². The first-order chi connectivity index (χ1) is 10.2. The molecule has 1 aliphatic rings. The second-order valence-corrected chi connectivity index (χ2v) is 7.86. The van der Waals surface area contributed by atoms with Gasteiger partial charge in [0.15, 0.2) is 0 Å². The molecule has 1 heteroatoms. The Morgan fingerprint density at radius 1 is 1.05 bits per heavy atom. The summed E-state index contributed by atoms with van der Waals surface area (Å²) < 4.78 is 0. The van der Waals surface area contributed by atoms with Crippen LogP contribution in [-0.4, -0.2) is 13.1 Å². The smallest absolute Gasteiger partial charge is 0.000791 e. The molecule has 1 fully saturated rings. The first-order valence-electron chi connectivity index (χ1n) is 9.86. The van der Waals surface area contributed by atoms with Gasteiger partial charge in [-0.3, -0.25) is 0 Å². The van der Waals surface area contributed by atoms with Crippen LogP contribution in [0.25, 0.3) is 0 Å². The lowest BCUT2D eigenvalue weighted by atomic mass is 9.65. The predicted molar refractivity (Wildman–Crippen MR) is 95.8 cm³/mol. The monoisotopic (exact) mass is 295 g/mol. The van der Waals surface area contributed by atoms with Gasteiger partial charge in [-0.15, -0.1) is 0 Å². The molecular weight excluding hydrogens is 254 g/mol. The predicted octanol–water partition coefficient (Wildman–Crippen LogP) is 6.18. The first kappa shape index (κ1) is 19.0. The molecule has 1 rings (SSSR count). The molecule has 1 aliphatic carbocycles. The minimum absolute atomic E-state index is 0.618. The maximum atomic E-state index is 3.75. The van der Waals surface area contributed by atoms with Crippen molar-refractivity contribution in [2.45, 2.75) is 98.3 Å². The molecule has 0 saturated heterocycles. The summed E-state index contributed by atoms with van der Waals surface area (Å²) >= 11 is 0. The van der Waals surface area contributed by atoms with E-state index in [1.54, 1.807) is 0 Å². The van der Waals surface area contributed by atoms with Crippen molar-refractivity contribution < 1.29 is 0 Å². The molecule has 0 aromatic heterocycles. The Balaban J connectivity index is 2.49. The molecule has 1 unspecified atom stereocenters. The standard InChI is InChI=1S/C20H41N/c1-5-8-10-19-11-13-20(14-12-19,17-21-15-7-3)16-18(4)9-6-2/h18-19,21H,5-17H2,1-4H3. The van der Waals surface area contributed by atoms with Gasteiger partial charge in [-0.25, -0.2) is 0 Å².